The number of benzene rings is 3. The van der Waals surface area contributed by atoms with Gasteiger partial charge in [0.1, 0.15) is 4.88 Å². The average Bonchev–Trinajstić information content (AvgIpc) is 3.46. The molecule has 3 aromatic carbocycles. The Morgan fingerprint density at radius 2 is 1.58 bits per heavy atom. The summed E-state index contributed by atoms with van der Waals surface area (Å²) in [6, 6.07) is 24.0. The van der Waals surface area contributed by atoms with Gasteiger partial charge in [-0.3, -0.25) is 14.9 Å². The SMILES string of the molecule is O=C(Nc1nc(-c2ccccc2)c(C(=O)c2ccccc2)s1)c1ccc2ncsc2c1. The average molecular weight is 442 g/mol. The maximum atomic E-state index is 13.2. The first-order chi connectivity index (χ1) is 15.2. The molecule has 0 radical (unpaired) electrons. The molecule has 0 bridgehead atoms. The molecule has 0 spiro atoms. The molecule has 1 amide bonds. The molecule has 150 valence electrons. The zero-order valence-corrected chi connectivity index (χ0v) is 17.7. The fraction of sp³-hybridized carbons (Fsp3) is 0. The van der Waals surface area contributed by atoms with E-state index < -0.39 is 0 Å². The number of anilines is 1. The number of thiazole rings is 2. The zero-order valence-electron chi connectivity index (χ0n) is 16.1. The number of nitrogens with one attached hydrogen (secondary N) is 1. The standard InChI is InChI=1S/C24H15N3O2S2/c28-21(16-9-5-2-6-10-16)22-20(15-7-3-1-4-8-15)26-24(31-22)27-23(29)17-11-12-18-19(13-17)30-14-25-18/h1-14H,(H,26,27,29). The minimum Gasteiger partial charge on any atom is -0.298 e. The Labute approximate surface area is 186 Å². The van der Waals surface area contributed by atoms with Crippen molar-refractivity contribution in [2.24, 2.45) is 0 Å². The van der Waals surface area contributed by atoms with Gasteiger partial charge < -0.3 is 0 Å². The molecule has 7 heteroatoms. The van der Waals surface area contributed by atoms with Crippen LogP contribution in [-0.2, 0) is 0 Å². The van der Waals surface area contributed by atoms with E-state index in [9.17, 15) is 9.59 Å². The summed E-state index contributed by atoms with van der Waals surface area (Å²) < 4.78 is 0.941. The van der Waals surface area contributed by atoms with Crippen LogP contribution in [0.3, 0.4) is 0 Å². The molecule has 0 unspecified atom stereocenters. The molecule has 0 aliphatic rings. The van der Waals surface area contributed by atoms with Crippen molar-refractivity contribution < 1.29 is 9.59 Å². The third kappa shape index (κ3) is 3.88. The highest BCUT2D eigenvalue weighted by molar-refractivity contribution is 7.18. The lowest BCUT2D eigenvalue weighted by Crippen LogP contribution is -2.11. The van der Waals surface area contributed by atoms with Gasteiger partial charge in [0.25, 0.3) is 5.91 Å². The Morgan fingerprint density at radius 1 is 0.839 bits per heavy atom. The molecule has 31 heavy (non-hydrogen) atoms. The van der Waals surface area contributed by atoms with Gasteiger partial charge in [-0.2, -0.15) is 0 Å². The first-order valence-electron chi connectivity index (χ1n) is 9.49. The number of carbonyl (C=O) groups is 2. The predicted molar refractivity (Wildman–Crippen MR) is 125 cm³/mol. The van der Waals surface area contributed by atoms with Crippen LogP contribution in [0.15, 0.2) is 84.4 Å². The Balaban J connectivity index is 1.51. The van der Waals surface area contributed by atoms with Gasteiger partial charge in [-0.15, -0.1) is 11.3 Å². The molecule has 2 aromatic heterocycles. The van der Waals surface area contributed by atoms with Crippen molar-refractivity contribution in [3.8, 4) is 11.3 Å². The van der Waals surface area contributed by atoms with Crippen molar-refractivity contribution in [2.75, 3.05) is 5.32 Å². The third-order valence-corrected chi connectivity index (χ3v) is 6.49. The second kappa shape index (κ2) is 8.22. The summed E-state index contributed by atoms with van der Waals surface area (Å²) in [5, 5.41) is 3.23. The first-order valence-corrected chi connectivity index (χ1v) is 11.2. The van der Waals surface area contributed by atoms with Crippen LogP contribution in [0.1, 0.15) is 25.6 Å². The molecule has 2 heterocycles. The van der Waals surface area contributed by atoms with E-state index in [0.717, 1.165) is 15.8 Å². The highest BCUT2D eigenvalue weighted by atomic mass is 32.1. The smallest absolute Gasteiger partial charge is 0.257 e. The van der Waals surface area contributed by atoms with Gasteiger partial charge in [0.05, 0.1) is 21.4 Å². The lowest BCUT2D eigenvalue weighted by molar-refractivity contribution is 0.102. The quantitative estimate of drug-likeness (QED) is 0.345. The number of fused-ring (bicyclic) bond motifs is 1. The summed E-state index contributed by atoms with van der Waals surface area (Å²) in [5.74, 6) is -0.397. The summed E-state index contributed by atoms with van der Waals surface area (Å²) in [6.07, 6.45) is 0. The second-order valence-corrected chi connectivity index (χ2v) is 8.63. The van der Waals surface area contributed by atoms with E-state index in [0.29, 0.717) is 26.8 Å². The zero-order chi connectivity index (χ0) is 21.2. The summed E-state index contributed by atoms with van der Waals surface area (Å²) in [7, 11) is 0. The maximum absolute atomic E-state index is 13.2. The fourth-order valence-corrected chi connectivity index (χ4v) is 4.87. The van der Waals surface area contributed by atoms with E-state index in [4.69, 9.17) is 0 Å². The molecule has 0 fully saturated rings. The first kappa shape index (κ1) is 19.3. The van der Waals surface area contributed by atoms with E-state index in [1.165, 1.54) is 22.7 Å². The topological polar surface area (TPSA) is 72.0 Å². The van der Waals surface area contributed by atoms with Gasteiger partial charge in [-0.05, 0) is 18.2 Å². The number of ketones is 1. The van der Waals surface area contributed by atoms with Crippen LogP contribution in [0.2, 0.25) is 0 Å². The highest BCUT2D eigenvalue weighted by Crippen LogP contribution is 2.33. The molecular formula is C24H15N3O2S2. The molecule has 1 N–H and O–H groups in total. The summed E-state index contributed by atoms with van der Waals surface area (Å²) in [4.78, 5) is 35.3. The van der Waals surface area contributed by atoms with Crippen LogP contribution in [0.5, 0.6) is 0 Å². The molecule has 0 atom stereocenters. The van der Waals surface area contributed by atoms with Gasteiger partial charge in [-0.25, -0.2) is 9.97 Å². The van der Waals surface area contributed by atoms with Gasteiger partial charge in [0, 0.05) is 16.7 Å². The minimum absolute atomic E-state index is 0.122. The van der Waals surface area contributed by atoms with E-state index in [1.54, 1.807) is 23.7 Å². The van der Waals surface area contributed by atoms with Gasteiger partial charge >= 0.3 is 0 Å². The minimum atomic E-state index is -0.276. The molecule has 5 aromatic rings. The summed E-state index contributed by atoms with van der Waals surface area (Å²) in [6.45, 7) is 0. The highest BCUT2D eigenvalue weighted by Gasteiger charge is 2.22. The number of nitrogens with zero attached hydrogens (tertiary/aromatic N) is 2. The number of aromatic nitrogens is 2. The molecule has 0 saturated heterocycles. The molecule has 5 rings (SSSR count). The van der Waals surface area contributed by atoms with E-state index in [1.807, 2.05) is 60.7 Å². The Bertz CT molecular complexity index is 1390. The lowest BCUT2D eigenvalue weighted by atomic mass is 10.1. The van der Waals surface area contributed by atoms with Crippen molar-refractivity contribution in [3.63, 3.8) is 0 Å². The van der Waals surface area contributed by atoms with E-state index in [-0.39, 0.29) is 11.7 Å². The molecule has 0 aliphatic heterocycles. The molecule has 0 saturated carbocycles. The van der Waals surface area contributed by atoms with Crippen LogP contribution in [-0.4, -0.2) is 21.7 Å². The van der Waals surface area contributed by atoms with Crippen molar-refractivity contribution in [2.45, 2.75) is 0 Å². The number of rotatable bonds is 5. The summed E-state index contributed by atoms with van der Waals surface area (Å²) in [5.41, 5.74) is 5.09. The molecule has 5 nitrogen and oxygen atoms in total. The summed E-state index contributed by atoms with van der Waals surface area (Å²) >= 11 is 2.67. The van der Waals surface area contributed by atoms with Gasteiger partial charge in [-0.1, -0.05) is 72.0 Å². The van der Waals surface area contributed by atoms with E-state index in [2.05, 4.69) is 15.3 Å². The van der Waals surface area contributed by atoms with Crippen molar-refractivity contribution in [1.29, 1.82) is 0 Å². The normalized spacial score (nSPS) is 10.8. The molecular weight excluding hydrogens is 426 g/mol. The van der Waals surface area contributed by atoms with Crippen LogP contribution < -0.4 is 5.32 Å². The largest absolute Gasteiger partial charge is 0.298 e. The number of hydrogen-bond acceptors (Lipinski definition) is 6. The molecule has 0 aliphatic carbocycles. The van der Waals surface area contributed by atoms with E-state index >= 15 is 0 Å². The van der Waals surface area contributed by atoms with Gasteiger partial charge in [0.2, 0.25) is 5.78 Å². The van der Waals surface area contributed by atoms with Crippen LogP contribution in [0.4, 0.5) is 5.13 Å². The number of carbonyl (C=O) groups excluding carboxylic acids is 2. The Kier molecular flexibility index (Phi) is 5.11. The second-order valence-electron chi connectivity index (χ2n) is 6.75. The van der Waals surface area contributed by atoms with Crippen LogP contribution in [0, 0.1) is 0 Å². The fourth-order valence-electron chi connectivity index (χ4n) is 3.21. The van der Waals surface area contributed by atoms with Crippen molar-refractivity contribution >= 4 is 49.7 Å². The number of hydrogen-bond donors (Lipinski definition) is 1. The third-order valence-electron chi connectivity index (χ3n) is 4.73. The predicted octanol–water partition coefficient (Wildman–Crippen LogP) is 5.90. The van der Waals surface area contributed by atoms with Crippen molar-refractivity contribution in [1.82, 2.24) is 9.97 Å². The van der Waals surface area contributed by atoms with Crippen LogP contribution >= 0.6 is 22.7 Å². The monoisotopic (exact) mass is 441 g/mol. The van der Waals surface area contributed by atoms with Crippen molar-refractivity contribution in [3.05, 3.63) is 100 Å². The Morgan fingerprint density at radius 3 is 2.35 bits per heavy atom. The maximum Gasteiger partial charge on any atom is 0.257 e. The number of amides is 1. The van der Waals surface area contributed by atoms with Gasteiger partial charge in [0.15, 0.2) is 5.13 Å². The lowest BCUT2D eigenvalue weighted by Gasteiger charge is -2.02. The Hall–Kier alpha value is -3.68. The van der Waals surface area contributed by atoms with Crippen LogP contribution in [0.25, 0.3) is 21.5 Å².